The topological polar surface area (TPSA) is 93.8 Å². The summed E-state index contributed by atoms with van der Waals surface area (Å²) in [5.41, 5.74) is 1.00. The second-order valence-corrected chi connectivity index (χ2v) is 8.15. The van der Waals surface area contributed by atoms with E-state index >= 15 is 0 Å². The Bertz CT molecular complexity index is 819. The number of carbonyl (C=O) groups is 3. The summed E-state index contributed by atoms with van der Waals surface area (Å²) in [7, 11) is 0. The SMILES string of the molecule is O=C1CCC(Nc2ccc(N3CCN(C(=O)C4CCNCC4)CC3)c(F)c2)C(=O)N1. The standard InChI is InChI=1S/C21H28FN5O3/c22-16-13-15(24-17-2-4-19(28)25-20(17)29)1-3-18(16)26-9-11-27(12-10-26)21(30)14-5-7-23-8-6-14/h1,3,13-14,17,23-24H,2,4-12H2,(H,25,28,29). The molecule has 3 fully saturated rings. The number of amides is 3. The molecule has 1 atom stereocenters. The number of carbonyl (C=O) groups excluding carboxylic acids is 3. The van der Waals surface area contributed by atoms with Gasteiger partial charge in [-0.25, -0.2) is 4.39 Å². The average Bonchev–Trinajstić information content (AvgIpc) is 2.76. The maximum absolute atomic E-state index is 14.8. The largest absolute Gasteiger partial charge is 0.374 e. The van der Waals surface area contributed by atoms with Gasteiger partial charge in [0.05, 0.1) is 5.69 Å². The van der Waals surface area contributed by atoms with Crippen molar-refractivity contribution in [1.29, 1.82) is 0 Å². The molecule has 3 N–H and O–H groups in total. The van der Waals surface area contributed by atoms with Crippen LogP contribution in [-0.4, -0.2) is 67.9 Å². The summed E-state index contributed by atoms with van der Waals surface area (Å²) >= 11 is 0. The minimum atomic E-state index is -0.544. The van der Waals surface area contributed by atoms with Crippen LogP contribution in [-0.2, 0) is 14.4 Å². The number of nitrogens with one attached hydrogen (secondary N) is 3. The van der Waals surface area contributed by atoms with Gasteiger partial charge in [0.15, 0.2) is 0 Å². The van der Waals surface area contributed by atoms with Crippen molar-refractivity contribution in [1.82, 2.24) is 15.5 Å². The molecule has 9 heteroatoms. The van der Waals surface area contributed by atoms with Crippen molar-refractivity contribution in [2.75, 3.05) is 49.5 Å². The van der Waals surface area contributed by atoms with Gasteiger partial charge in [0, 0.05) is 44.2 Å². The van der Waals surface area contributed by atoms with E-state index in [1.54, 1.807) is 12.1 Å². The molecule has 162 valence electrons. The van der Waals surface area contributed by atoms with Crippen molar-refractivity contribution in [3.63, 3.8) is 0 Å². The zero-order chi connectivity index (χ0) is 21.1. The Morgan fingerprint density at radius 1 is 1.07 bits per heavy atom. The molecule has 0 radical (unpaired) electrons. The van der Waals surface area contributed by atoms with Crippen LogP contribution in [0.15, 0.2) is 18.2 Å². The lowest BCUT2D eigenvalue weighted by molar-refractivity contribution is -0.137. The lowest BCUT2D eigenvalue weighted by atomic mass is 9.96. The van der Waals surface area contributed by atoms with Gasteiger partial charge < -0.3 is 20.4 Å². The molecule has 30 heavy (non-hydrogen) atoms. The molecule has 0 saturated carbocycles. The van der Waals surface area contributed by atoms with Gasteiger partial charge >= 0.3 is 0 Å². The number of piperidine rings is 2. The highest BCUT2D eigenvalue weighted by Crippen LogP contribution is 2.26. The van der Waals surface area contributed by atoms with Crippen molar-refractivity contribution in [2.45, 2.75) is 31.7 Å². The van der Waals surface area contributed by atoms with E-state index in [1.165, 1.54) is 6.07 Å². The van der Waals surface area contributed by atoms with Crippen LogP contribution in [0.25, 0.3) is 0 Å². The molecular formula is C21H28FN5O3. The predicted molar refractivity (Wildman–Crippen MR) is 111 cm³/mol. The smallest absolute Gasteiger partial charge is 0.249 e. The summed E-state index contributed by atoms with van der Waals surface area (Å²) in [6.07, 6.45) is 2.43. The van der Waals surface area contributed by atoms with Gasteiger partial charge in [-0.2, -0.15) is 0 Å². The molecule has 3 heterocycles. The zero-order valence-corrected chi connectivity index (χ0v) is 17.0. The maximum Gasteiger partial charge on any atom is 0.249 e. The normalized spacial score (nSPS) is 23.3. The lowest BCUT2D eigenvalue weighted by Crippen LogP contribution is -2.51. The van der Waals surface area contributed by atoms with E-state index in [0.29, 0.717) is 44.0 Å². The Morgan fingerprint density at radius 2 is 1.80 bits per heavy atom. The molecule has 0 spiro atoms. The first-order chi connectivity index (χ1) is 14.5. The van der Waals surface area contributed by atoms with Crippen LogP contribution in [0, 0.1) is 11.7 Å². The number of rotatable bonds is 4. The fourth-order valence-electron chi connectivity index (χ4n) is 4.38. The van der Waals surface area contributed by atoms with Gasteiger partial charge in [-0.1, -0.05) is 0 Å². The quantitative estimate of drug-likeness (QED) is 0.625. The molecular weight excluding hydrogens is 389 g/mol. The van der Waals surface area contributed by atoms with E-state index in [2.05, 4.69) is 16.0 Å². The summed E-state index contributed by atoms with van der Waals surface area (Å²) in [5.74, 6) is -0.708. The van der Waals surface area contributed by atoms with E-state index < -0.39 is 6.04 Å². The molecule has 3 saturated heterocycles. The molecule has 3 amide bonds. The van der Waals surface area contributed by atoms with Gasteiger partial charge in [-0.3, -0.25) is 19.7 Å². The van der Waals surface area contributed by atoms with E-state index in [4.69, 9.17) is 0 Å². The van der Waals surface area contributed by atoms with Gasteiger partial charge in [-0.15, -0.1) is 0 Å². The molecule has 8 nitrogen and oxygen atoms in total. The van der Waals surface area contributed by atoms with E-state index in [9.17, 15) is 18.8 Å². The Labute approximate surface area is 175 Å². The van der Waals surface area contributed by atoms with Gasteiger partial charge in [-0.05, 0) is 50.6 Å². The van der Waals surface area contributed by atoms with Crippen LogP contribution in [0.5, 0.6) is 0 Å². The van der Waals surface area contributed by atoms with Crippen LogP contribution in [0.4, 0.5) is 15.8 Å². The zero-order valence-electron chi connectivity index (χ0n) is 17.0. The highest BCUT2D eigenvalue weighted by Gasteiger charge is 2.29. The van der Waals surface area contributed by atoms with Crippen LogP contribution in [0.1, 0.15) is 25.7 Å². The van der Waals surface area contributed by atoms with Crippen molar-refractivity contribution in [3.8, 4) is 0 Å². The third-order valence-corrected chi connectivity index (χ3v) is 6.15. The molecule has 3 aliphatic heterocycles. The summed E-state index contributed by atoms with van der Waals surface area (Å²) in [6, 6.07) is 4.28. The molecule has 3 aliphatic rings. The minimum Gasteiger partial charge on any atom is -0.374 e. The average molecular weight is 417 g/mol. The van der Waals surface area contributed by atoms with E-state index in [1.807, 2.05) is 9.80 Å². The Morgan fingerprint density at radius 3 is 2.47 bits per heavy atom. The summed E-state index contributed by atoms with van der Waals surface area (Å²) in [5, 5.41) is 8.56. The third kappa shape index (κ3) is 4.56. The molecule has 1 aromatic carbocycles. The maximum atomic E-state index is 14.8. The highest BCUT2D eigenvalue weighted by molar-refractivity contribution is 6.01. The molecule has 4 rings (SSSR count). The lowest BCUT2D eigenvalue weighted by Gasteiger charge is -2.38. The van der Waals surface area contributed by atoms with Crippen molar-refractivity contribution >= 4 is 29.1 Å². The first-order valence-electron chi connectivity index (χ1n) is 10.7. The first kappa shape index (κ1) is 20.6. The van der Waals surface area contributed by atoms with Crippen molar-refractivity contribution in [3.05, 3.63) is 24.0 Å². The summed E-state index contributed by atoms with van der Waals surface area (Å²) < 4.78 is 14.8. The number of nitrogens with zero attached hydrogens (tertiary/aromatic N) is 2. The van der Waals surface area contributed by atoms with E-state index in [0.717, 1.165) is 25.9 Å². The van der Waals surface area contributed by atoms with Gasteiger partial charge in [0.1, 0.15) is 11.9 Å². The Kier molecular flexibility index (Phi) is 6.17. The van der Waals surface area contributed by atoms with Crippen LogP contribution >= 0.6 is 0 Å². The van der Waals surface area contributed by atoms with Gasteiger partial charge in [0.25, 0.3) is 0 Å². The number of imide groups is 1. The predicted octanol–water partition coefficient (Wildman–Crippen LogP) is 0.691. The molecule has 0 aromatic heterocycles. The fraction of sp³-hybridized carbons (Fsp3) is 0.571. The second kappa shape index (κ2) is 8.99. The number of anilines is 2. The number of piperazine rings is 1. The fourth-order valence-corrected chi connectivity index (χ4v) is 4.38. The van der Waals surface area contributed by atoms with Crippen LogP contribution in [0.2, 0.25) is 0 Å². The third-order valence-electron chi connectivity index (χ3n) is 6.15. The summed E-state index contributed by atoms with van der Waals surface area (Å²) in [4.78, 5) is 39.7. The summed E-state index contributed by atoms with van der Waals surface area (Å²) in [6.45, 7) is 4.15. The van der Waals surface area contributed by atoms with Crippen molar-refractivity contribution in [2.24, 2.45) is 5.92 Å². The second-order valence-electron chi connectivity index (χ2n) is 8.15. The number of hydrogen-bond donors (Lipinski definition) is 3. The number of benzene rings is 1. The molecule has 1 unspecified atom stereocenters. The highest BCUT2D eigenvalue weighted by atomic mass is 19.1. The number of hydrogen-bond acceptors (Lipinski definition) is 6. The van der Waals surface area contributed by atoms with E-state index in [-0.39, 0.29) is 35.9 Å². The minimum absolute atomic E-state index is 0.104. The van der Waals surface area contributed by atoms with Crippen LogP contribution in [0.3, 0.4) is 0 Å². The number of halogens is 1. The van der Waals surface area contributed by atoms with Crippen LogP contribution < -0.4 is 20.9 Å². The monoisotopic (exact) mass is 417 g/mol. The molecule has 0 aliphatic carbocycles. The molecule has 1 aromatic rings. The van der Waals surface area contributed by atoms with Crippen molar-refractivity contribution < 1.29 is 18.8 Å². The Hall–Kier alpha value is -2.68. The molecule has 0 bridgehead atoms. The Balaban J connectivity index is 1.33. The van der Waals surface area contributed by atoms with Gasteiger partial charge in [0.2, 0.25) is 17.7 Å². The first-order valence-corrected chi connectivity index (χ1v) is 10.7.